The number of carbonyl (C=O) groups excluding carboxylic acids is 1. The quantitative estimate of drug-likeness (QED) is 0.318. The molecule has 0 unspecified atom stereocenters. The van der Waals surface area contributed by atoms with E-state index in [1.54, 1.807) is 12.0 Å². The van der Waals surface area contributed by atoms with Gasteiger partial charge in [0.05, 0.1) is 7.11 Å². The van der Waals surface area contributed by atoms with Crippen LogP contribution in [0.5, 0.6) is 5.75 Å². The van der Waals surface area contributed by atoms with E-state index in [4.69, 9.17) is 10.5 Å². The lowest BCUT2D eigenvalue weighted by Gasteiger charge is -2.20. The Balaban J connectivity index is 0.00000392. The number of guanidine groups is 1. The van der Waals surface area contributed by atoms with Crippen molar-refractivity contribution < 1.29 is 9.53 Å². The number of nitrogens with two attached hydrogens (primary N) is 1. The van der Waals surface area contributed by atoms with E-state index >= 15 is 0 Å². The second-order valence-corrected chi connectivity index (χ2v) is 6.12. The van der Waals surface area contributed by atoms with Crippen LogP contribution in [0.15, 0.2) is 59.6 Å². The second-order valence-electron chi connectivity index (χ2n) is 6.12. The molecular weight excluding hydrogens is 467 g/mol. The van der Waals surface area contributed by atoms with Crippen LogP contribution in [0.25, 0.3) is 0 Å². The van der Waals surface area contributed by atoms with Crippen LogP contribution in [0.4, 0.5) is 0 Å². The third kappa shape index (κ3) is 8.16. The maximum atomic E-state index is 12.4. The Bertz CT molecular complexity index is 736. The van der Waals surface area contributed by atoms with Crippen molar-refractivity contribution in [2.24, 2.45) is 10.7 Å². The van der Waals surface area contributed by atoms with E-state index in [-0.39, 0.29) is 42.4 Å². The molecule has 0 aliphatic carbocycles. The first-order valence-corrected chi connectivity index (χ1v) is 9.10. The number of hydrogen-bond donors (Lipinski definition) is 2. The zero-order valence-corrected chi connectivity index (χ0v) is 18.8. The molecule has 0 bridgehead atoms. The first kappa shape index (κ1) is 23.7. The number of ether oxygens (including phenoxy) is 1. The summed E-state index contributed by atoms with van der Waals surface area (Å²) in [5.74, 6) is 1.08. The van der Waals surface area contributed by atoms with Crippen molar-refractivity contribution >= 4 is 35.8 Å². The molecule has 0 aliphatic heterocycles. The van der Waals surface area contributed by atoms with Crippen LogP contribution < -0.4 is 15.8 Å². The molecule has 2 rings (SSSR count). The highest BCUT2D eigenvalue weighted by atomic mass is 127. The molecule has 7 heteroatoms. The van der Waals surface area contributed by atoms with Crippen LogP contribution in [0.2, 0.25) is 0 Å². The Morgan fingerprint density at radius 3 is 2.39 bits per heavy atom. The Labute approximate surface area is 184 Å². The fourth-order valence-electron chi connectivity index (χ4n) is 2.62. The number of nitrogens with one attached hydrogen (secondary N) is 1. The summed E-state index contributed by atoms with van der Waals surface area (Å²) in [6.45, 7) is 3.87. The molecule has 0 aromatic heterocycles. The van der Waals surface area contributed by atoms with Gasteiger partial charge in [-0.2, -0.15) is 0 Å². The number of methoxy groups -OCH3 is 1. The van der Waals surface area contributed by atoms with Gasteiger partial charge in [0.15, 0.2) is 5.96 Å². The van der Waals surface area contributed by atoms with Crippen LogP contribution >= 0.6 is 24.0 Å². The van der Waals surface area contributed by atoms with Gasteiger partial charge in [-0.3, -0.25) is 4.79 Å². The summed E-state index contributed by atoms with van der Waals surface area (Å²) in [5.41, 5.74) is 8.15. The van der Waals surface area contributed by atoms with E-state index in [0.29, 0.717) is 19.6 Å². The van der Waals surface area contributed by atoms with Crippen molar-refractivity contribution in [3.8, 4) is 5.75 Å². The highest BCUT2D eigenvalue weighted by molar-refractivity contribution is 14.0. The van der Waals surface area contributed by atoms with Crippen molar-refractivity contribution in [2.45, 2.75) is 19.9 Å². The Kier molecular flexibility index (Phi) is 11.0. The van der Waals surface area contributed by atoms with Crippen LogP contribution in [0, 0.1) is 0 Å². The molecule has 2 aromatic carbocycles. The molecule has 0 saturated heterocycles. The highest BCUT2D eigenvalue weighted by Gasteiger charge is 2.11. The highest BCUT2D eigenvalue weighted by Crippen LogP contribution is 2.11. The lowest BCUT2D eigenvalue weighted by Crippen LogP contribution is -2.36. The lowest BCUT2D eigenvalue weighted by molar-refractivity contribution is -0.130. The van der Waals surface area contributed by atoms with Gasteiger partial charge in [-0.25, -0.2) is 4.99 Å². The number of hydrogen-bond acceptors (Lipinski definition) is 3. The van der Waals surface area contributed by atoms with E-state index in [9.17, 15) is 4.79 Å². The summed E-state index contributed by atoms with van der Waals surface area (Å²) in [7, 11) is 1.65. The van der Waals surface area contributed by atoms with Gasteiger partial charge >= 0.3 is 0 Å². The zero-order chi connectivity index (χ0) is 19.5. The van der Waals surface area contributed by atoms with Crippen molar-refractivity contribution in [1.29, 1.82) is 0 Å². The average Bonchev–Trinajstić information content (AvgIpc) is 2.71. The fourth-order valence-corrected chi connectivity index (χ4v) is 2.62. The third-order valence-corrected chi connectivity index (χ3v) is 4.21. The monoisotopic (exact) mass is 496 g/mol. The molecule has 0 heterocycles. The molecule has 0 saturated carbocycles. The molecule has 3 N–H and O–H groups in total. The van der Waals surface area contributed by atoms with E-state index < -0.39 is 0 Å². The Morgan fingerprint density at radius 1 is 1.11 bits per heavy atom. The second kappa shape index (κ2) is 13.0. The normalized spacial score (nSPS) is 10.7. The van der Waals surface area contributed by atoms with E-state index in [1.807, 2.05) is 61.5 Å². The van der Waals surface area contributed by atoms with Crippen LogP contribution in [-0.2, 0) is 17.8 Å². The van der Waals surface area contributed by atoms with Crippen molar-refractivity contribution in [2.75, 3.05) is 26.7 Å². The van der Waals surface area contributed by atoms with E-state index in [1.165, 1.54) is 5.56 Å². The lowest BCUT2D eigenvalue weighted by atomic mass is 10.1. The zero-order valence-electron chi connectivity index (χ0n) is 16.4. The van der Waals surface area contributed by atoms with Crippen LogP contribution in [-0.4, -0.2) is 43.5 Å². The predicted octanol–water partition coefficient (Wildman–Crippen LogP) is 2.81. The Hall–Kier alpha value is -2.29. The number of amides is 1. The summed E-state index contributed by atoms with van der Waals surface area (Å²) in [5, 5.41) is 3.05. The molecule has 0 aliphatic rings. The van der Waals surface area contributed by atoms with Gasteiger partial charge in [-0.05, 0) is 36.6 Å². The van der Waals surface area contributed by atoms with Gasteiger partial charge in [0.1, 0.15) is 12.3 Å². The summed E-state index contributed by atoms with van der Waals surface area (Å²) < 4.78 is 5.14. The van der Waals surface area contributed by atoms with Gasteiger partial charge < -0.3 is 20.7 Å². The molecule has 0 radical (unpaired) electrons. The smallest absolute Gasteiger partial charge is 0.244 e. The molecule has 28 heavy (non-hydrogen) atoms. The maximum Gasteiger partial charge on any atom is 0.244 e. The summed E-state index contributed by atoms with van der Waals surface area (Å²) in [6.07, 6.45) is 0.809. The number of aliphatic imine (C=N–C) groups is 1. The van der Waals surface area contributed by atoms with Gasteiger partial charge in [-0.15, -0.1) is 24.0 Å². The van der Waals surface area contributed by atoms with Crippen molar-refractivity contribution in [3.05, 3.63) is 65.7 Å². The number of benzene rings is 2. The first-order valence-electron chi connectivity index (χ1n) is 9.10. The summed E-state index contributed by atoms with van der Waals surface area (Å²) in [6, 6.07) is 17.8. The van der Waals surface area contributed by atoms with Crippen molar-refractivity contribution in [1.82, 2.24) is 10.2 Å². The molecule has 1 amide bonds. The summed E-state index contributed by atoms with van der Waals surface area (Å²) in [4.78, 5) is 18.3. The number of likely N-dealkylation sites (N-methyl/N-ethyl adjacent to an activating group) is 1. The topological polar surface area (TPSA) is 80.0 Å². The minimum absolute atomic E-state index is 0. The van der Waals surface area contributed by atoms with E-state index in [0.717, 1.165) is 17.7 Å². The standard InChI is InChI=1S/C21H28N4O2.HI/c1-3-25(16-18-7-5-4-6-8-18)20(26)15-24-21(22)23-14-13-17-9-11-19(27-2)12-10-17;/h4-12H,3,13-16H2,1-2H3,(H3,22,23,24);1H. The van der Waals surface area contributed by atoms with Gasteiger partial charge in [0.2, 0.25) is 5.91 Å². The molecule has 0 atom stereocenters. The Morgan fingerprint density at radius 2 is 1.79 bits per heavy atom. The predicted molar refractivity (Wildman–Crippen MR) is 124 cm³/mol. The fraction of sp³-hybridized carbons (Fsp3) is 0.333. The average molecular weight is 496 g/mol. The molecule has 0 spiro atoms. The van der Waals surface area contributed by atoms with Gasteiger partial charge in [-0.1, -0.05) is 42.5 Å². The largest absolute Gasteiger partial charge is 0.497 e. The van der Waals surface area contributed by atoms with Gasteiger partial charge in [0, 0.05) is 19.6 Å². The van der Waals surface area contributed by atoms with E-state index in [2.05, 4.69) is 10.3 Å². The SMILES string of the molecule is CCN(Cc1ccccc1)C(=O)CN=C(N)NCCc1ccc(OC)cc1.I. The number of halogens is 1. The minimum atomic E-state index is -0.0405. The number of rotatable bonds is 9. The van der Waals surface area contributed by atoms with Crippen LogP contribution in [0.3, 0.4) is 0 Å². The maximum absolute atomic E-state index is 12.4. The van der Waals surface area contributed by atoms with Gasteiger partial charge in [0.25, 0.3) is 0 Å². The molecular formula is C21H29IN4O2. The summed E-state index contributed by atoms with van der Waals surface area (Å²) >= 11 is 0. The number of nitrogens with zero attached hydrogens (tertiary/aromatic N) is 2. The number of carbonyl (C=O) groups is 1. The molecule has 2 aromatic rings. The molecule has 152 valence electrons. The first-order chi connectivity index (χ1) is 13.1. The minimum Gasteiger partial charge on any atom is -0.497 e. The van der Waals surface area contributed by atoms with Crippen LogP contribution in [0.1, 0.15) is 18.1 Å². The van der Waals surface area contributed by atoms with Crippen molar-refractivity contribution in [3.63, 3.8) is 0 Å². The molecule has 6 nitrogen and oxygen atoms in total. The third-order valence-electron chi connectivity index (χ3n) is 4.21. The molecule has 0 fully saturated rings.